The topological polar surface area (TPSA) is 66.1 Å². The predicted molar refractivity (Wildman–Crippen MR) is 102 cm³/mol. The highest BCUT2D eigenvalue weighted by Gasteiger charge is 2.32. The molecule has 1 aliphatic rings. The molecule has 4 rings (SSSR count). The lowest BCUT2D eigenvalue weighted by atomic mass is 10.1. The molecular formula is C20H21N3O2S. The van der Waals surface area contributed by atoms with Gasteiger partial charge in [-0.1, -0.05) is 12.1 Å². The van der Waals surface area contributed by atoms with Gasteiger partial charge in [0.25, 0.3) is 0 Å². The number of H-pyrrole nitrogens is 1. The molecule has 1 aromatic carbocycles. The summed E-state index contributed by atoms with van der Waals surface area (Å²) in [5, 5.41) is 0. The Morgan fingerprint density at radius 3 is 2.85 bits per heavy atom. The van der Waals surface area contributed by atoms with Crippen molar-refractivity contribution in [2.24, 2.45) is 0 Å². The van der Waals surface area contributed by atoms with E-state index >= 15 is 0 Å². The number of aryl methyl sites for hydroxylation is 1. The zero-order chi connectivity index (χ0) is 18.1. The molecule has 3 heterocycles. The van der Waals surface area contributed by atoms with Crippen molar-refractivity contribution in [3.05, 3.63) is 52.0 Å². The summed E-state index contributed by atoms with van der Waals surface area (Å²) in [5.41, 5.74) is 1.91. The van der Waals surface area contributed by atoms with Gasteiger partial charge in [0.05, 0.1) is 22.0 Å². The van der Waals surface area contributed by atoms with Gasteiger partial charge in [0.15, 0.2) is 5.78 Å². The highest BCUT2D eigenvalue weighted by molar-refractivity contribution is 7.14. The lowest BCUT2D eigenvalue weighted by Crippen LogP contribution is -2.31. The quantitative estimate of drug-likeness (QED) is 0.685. The first kappa shape index (κ1) is 17.0. The van der Waals surface area contributed by atoms with Crippen LogP contribution in [0, 0.1) is 6.92 Å². The van der Waals surface area contributed by atoms with Crippen LogP contribution in [0.1, 0.15) is 52.1 Å². The van der Waals surface area contributed by atoms with Gasteiger partial charge in [0.1, 0.15) is 5.82 Å². The standard InChI is InChI=1S/C20H21N3O2S/c1-13-8-10-18(26-13)17(24)9-11-19(25)23-12-4-7-16(23)20-21-14-5-2-3-6-15(14)22-20/h2-3,5-6,8,10,16H,4,7,9,11-12H2,1H3,(H,21,22)/t16-/m0/s1. The smallest absolute Gasteiger partial charge is 0.223 e. The minimum absolute atomic E-state index is 0.0195. The SMILES string of the molecule is Cc1ccc(C(=O)CCC(=O)N2CCC[C@H]2c2nc3ccccc3[nH]2)s1. The number of carbonyl (C=O) groups excluding carboxylic acids is 2. The number of nitrogens with zero attached hydrogens (tertiary/aromatic N) is 2. The molecule has 0 aliphatic carbocycles. The molecule has 1 N–H and O–H groups in total. The molecule has 0 radical (unpaired) electrons. The summed E-state index contributed by atoms with van der Waals surface area (Å²) in [6.45, 7) is 2.71. The second-order valence-corrected chi connectivity index (χ2v) is 8.01. The van der Waals surface area contributed by atoms with Gasteiger partial charge in [-0.25, -0.2) is 4.98 Å². The van der Waals surface area contributed by atoms with Crippen molar-refractivity contribution in [1.29, 1.82) is 0 Å². The molecule has 1 amide bonds. The number of nitrogens with one attached hydrogen (secondary N) is 1. The fourth-order valence-corrected chi connectivity index (χ4v) is 4.39. The molecule has 26 heavy (non-hydrogen) atoms. The van der Waals surface area contributed by atoms with Crippen LogP contribution in [0.4, 0.5) is 0 Å². The average molecular weight is 367 g/mol. The number of hydrogen-bond acceptors (Lipinski definition) is 4. The number of carbonyl (C=O) groups is 2. The first-order valence-corrected chi connectivity index (χ1v) is 9.77. The number of amides is 1. The Balaban J connectivity index is 1.44. The van der Waals surface area contributed by atoms with Gasteiger partial charge >= 0.3 is 0 Å². The number of imidazole rings is 1. The monoisotopic (exact) mass is 367 g/mol. The predicted octanol–water partition coefficient (Wildman–Crippen LogP) is 4.26. The van der Waals surface area contributed by atoms with Gasteiger partial charge in [0.2, 0.25) is 5.91 Å². The van der Waals surface area contributed by atoms with E-state index in [1.54, 1.807) is 0 Å². The Morgan fingerprint density at radius 1 is 1.23 bits per heavy atom. The molecule has 5 nitrogen and oxygen atoms in total. The van der Waals surface area contributed by atoms with E-state index in [-0.39, 0.29) is 30.6 Å². The Labute approximate surface area is 156 Å². The third-order valence-corrected chi connectivity index (χ3v) is 5.92. The van der Waals surface area contributed by atoms with Crippen molar-refractivity contribution in [3.8, 4) is 0 Å². The summed E-state index contributed by atoms with van der Waals surface area (Å²) < 4.78 is 0. The minimum atomic E-state index is -0.0195. The third-order valence-electron chi connectivity index (χ3n) is 4.88. The van der Waals surface area contributed by atoms with Crippen LogP contribution in [0.5, 0.6) is 0 Å². The molecule has 2 aromatic heterocycles. The number of Topliss-reactive ketones (excluding diaryl/α,β-unsaturated/α-hetero) is 1. The van der Waals surface area contributed by atoms with E-state index in [4.69, 9.17) is 0 Å². The molecule has 1 fully saturated rings. The second kappa shape index (κ2) is 7.03. The lowest BCUT2D eigenvalue weighted by Gasteiger charge is -2.23. The van der Waals surface area contributed by atoms with E-state index in [1.807, 2.05) is 48.2 Å². The molecule has 3 aromatic rings. The summed E-state index contributed by atoms with van der Waals surface area (Å²) in [6.07, 6.45) is 2.39. The number of fused-ring (bicyclic) bond motifs is 1. The number of aromatic nitrogens is 2. The maximum Gasteiger partial charge on any atom is 0.223 e. The fraction of sp³-hybridized carbons (Fsp3) is 0.350. The second-order valence-electron chi connectivity index (χ2n) is 6.72. The highest BCUT2D eigenvalue weighted by atomic mass is 32.1. The Morgan fingerprint density at radius 2 is 2.08 bits per heavy atom. The van der Waals surface area contributed by atoms with E-state index in [9.17, 15) is 9.59 Å². The summed E-state index contributed by atoms with van der Waals surface area (Å²) in [6, 6.07) is 11.7. The number of para-hydroxylation sites is 2. The van der Waals surface area contributed by atoms with Crippen LogP contribution in [0.25, 0.3) is 11.0 Å². The number of aromatic amines is 1. The van der Waals surface area contributed by atoms with Gasteiger partial charge in [0, 0.05) is 24.3 Å². The zero-order valence-corrected chi connectivity index (χ0v) is 15.5. The number of benzene rings is 1. The summed E-state index contributed by atoms with van der Waals surface area (Å²) in [7, 11) is 0. The summed E-state index contributed by atoms with van der Waals surface area (Å²) in [4.78, 5) is 36.7. The van der Waals surface area contributed by atoms with Crippen molar-refractivity contribution >= 4 is 34.1 Å². The molecule has 0 unspecified atom stereocenters. The summed E-state index contributed by atoms with van der Waals surface area (Å²) >= 11 is 1.49. The van der Waals surface area contributed by atoms with Crippen LogP contribution in [-0.2, 0) is 4.79 Å². The molecule has 1 aliphatic heterocycles. The van der Waals surface area contributed by atoms with E-state index in [0.29, 0.717) is 0 Å². The normalized spacial score (nSPS) is 17.1. The van der Waals surface area contributed by atoms with Crippen molar-refractivity contribution in [3.63, 3.8) is 0 Å². The van der Waals surface area contributed by atoms with E-state index < -0.39 is 0 Å². The molecule has 0 bridgehead atoms. The van der Waals surface area contributed by atoms with Crippen LogP contribution in [0.3, 0.4) is 0 Å². The van der Waals surface area contributed by atoms with Gasteiger partial charge < -0.3 is 9.88 Å². The Kier molecular flexibility index (Phi) is 4.59. The fourth-order valence-electron chi connectivity index (χ4n) is 3.55. The first-order valence-electron chi connectivity index (χ1n) is 8.95. The van der Waals surface area contributed by atoms with E-state index in [0.717, 1.165) is 46.0 Å². The van der Waals surface area contributed by atoms with Crippen LogP contribution >= 0.6 is 11.3 Å². The van der Waals surface area contributed by atoms with E-state index in [1.165, 1.54) is 11.3 Å². The van der Waals surface area contributed by atoms with Crippen LogP contribution in [-0.4, -0.2) is 33.1 Å². The lowest BCUT2D eigenvalue weighted by molar-refractivity contribution is -0.132. The van der Waals surface area contributed by atoms with Crippen LogP contribution < -0.4 is 0 Å². The average Bonchev–Trinajstić information content (AvgIpc) is 3.36. The molecule has 6 heteroatoms. The van der Waals surface area contributed by atoms with Crippen LogP contribution in [0.15, 0.2) is 36.4 Å². The number of rotatable bonds is 5. The Bertz CT molecular complexity index is 926. The van der Waals surface area contributed by atoms with Gasteiger partial charge in [-0.05, 0) is 44.0 Å². The van der Waals surface area contributed by atoms with Crippen molar-refractivity contribution in [1.82, 2.24) is 14.9 Å². The van der Waals surface area contributed by atoms with Gasteiger partial charge in [-0.3, -0.25) is 9.59 Å². The maximum absolute atomic E-state index is 12.7. The number of ketones is 1. The molecule has 1 atom stereocenters. The highest BCUT2D eigenvalue weighted by Crippen LogP contribution is 2.32. The van der Waals surface area contributed by atoms with Crippen molar-refractivity contribution in [2.45, 2.75) is 38.6 Å². The zero-order valence-electron chi connectivity index (χ0n) is 14.7. The molecular weight excluding hydrogens is 346 g/mol. The summed E-state index contributed by atoms with van der Waals surface area (Å²) in [5.74, 6) is 0.933. The first-order chi connectivity index (χ1) is 12.6. The minimum Gasteiger partial charge on any atom is -0.340 e. The largest absolute Gasteiger partial charge is 0.340 e. The molecule has 0 saturated carbocycles. The molecule has 1 saturated heterocycles. The number of hydrogen-bond donors (Lipinski definition) is 1. The van der Waals surface area contributed by atoms with Crippen molar-refractivity contribution in [2.75, 3.05) is 6.54 Å². The van der Waals surface area contributed by atoms with E-state index in [2.05, 4.69) is 9.97 Å². The number of likely N-dealkylation sites (tertiary alicyclic amines) is 1. The maximum atomic E-state index is 12.7. The van der Waals surface area contributed by atoms with Crippen LogP contribution in [0.2, 0.25) is 0 Å². The third kappa shape index (κ3) is 3.29. The molecule has 134 valence electrons. The van der Waals surface area contributed by atoms with Gasteiger partial charge in [-0.15, -0.1) is 11.3 Å². The number of thiophene rings is 1. The van der Waals surface area contributed by atoms with Crippen molar-refractivity contribution < 1.29 is 9.59 Å². The molecule has 0 spiro atoms. The Hall–Kier alpha value is -2.47. The van der Waals surface area contributed by atoms with Gasteiger partial charge in [-0.2, -0.15) is 0 Å².